The monoisotopic (exact) mass is 502 g/mol. The molecule has 9 nitrogen and oxygen atoms in total. The van der Waals surface area contributed by atoms with Crippen LogP contribution in [0, 0.1) is 0 Å². The summed E-state index contributed by atoms with van der Waals surface area (Å²) in [5.41, 5.74) is 0.629. The number of fused-ring (bicyclic) bond motifs is 1. The molecule has 5 rings (SSSR count). The number of nitrogens with zero attached hydrogens (tertiary/aromatic N) is 3. The lowest BCUT2D eigenvalue weighted by atomic mass is 10.1. The second kappa shape index (κ2) is 8.35. The first kappa shape index (κ1) is 22.8. The molecule has 3 aromatic rings. The first-order chi connectivity index (χ1) is 16.2. The molecule has 0 aliphatic heterocycles. The number of aromatic nitrogens is 3. The van der Waals surface area contributed by atoms with Crippen LogP contribution in [0.15, 0.2) is 41.3 Å². The third-order valence-electron chi connectivity index (χ3n) is 6.45. The van der Waals surface area contributed by atoms with E-state index in [-0.39, 0.29) is 29.8 Å². The van der Waals surface area contributed by atoms with E-state index in [2.05, 4.69) is 15.5 Å². The number of sulfone groups is 1. The van der Waals surface area contributed by atoms with E-state index in [1.54, 1.807) is 24.3 Å². The molecule has 2 aromatic heterocycles. The molecule has 0 unspecified atom stereocenters. The number of rotatable bonds is 8. The molecular formula is C23H23ClN4O5S. The van der Waals surface area contributed by atoms with Gasteiger partial charge in [-0.3, -0.25) is 9.59 Å². The van der Waals surface area contributed by atoms with Crippen molar-refractivity contribution in [3.63, 3.8) is 0 Å². The van der Waals surface area contributed by atoms with E-state index in [1.807, 2.05) is 0 Å². The zero-order valence-corrected chi connectivity index (χ0v) is 20.0. The van der Waals surface area contributed by atoms with E-state index < -0.39 is 26.1 Å². The van der Waals surface area contributed by atoms with Gasteiger partial charge < -0.3 is 14.6 Å². The van der Waals surface area contributed by atoms with Crippen molar-refractivity contribution < 1.29 is 17.9 Å². The first-order valence-corrected chi connectivity index (χ1v) is 12.9. The maximum Gasteiger partial charge on any atom is 0.263 e. The number of pyridine rings is 1. The highest BCUT2D eigenvalue weighted by Crippen LogP contribution is 2.50. The smallest absolute Gasteiger partial charge is 0.263 e. The van der Waals surface area contributed by atoms with Gasteiger partial charge in [-0.05, 0) is 49.4 Å². The molecule has 1 amide bonds. The van der Waals surface area contributed by atoms with Crippen LogP contribution in [0.3, 0.4) is 0 Å². The fourth-order valence-corrected chi connectivity index (χ4v) is 6.52. The summed E-state index contributed by atoms with van der Waals surface area (Å²) in [5, 5.41) is 11.5. The highest BCUT2D eigenvalue weighted by atomic mass is 35.5. The molecule has 2 aliphatic rings. The predicted octanol–water partition coefficient (Wildman–Crippen LogP) is 2.40. The van der Waals surface area contributed by atoms with Crippen LogP contribution in [0.25, 0.3) is 10.9 Å². The fraction of sp³-hybridized carbons (Fsp3) is 0.391. The van der Waals surface area contributed by atoms with E-state index in [9.17, 15) is 18.0 Å². The van der Waals surface area contributed by atoms with Crippen molar-refractivity contribution in [1.82, 2.24) is 20.1 Å². The molecule has 0 saturated heterocycles. The van der Waals surface area contributed by atoms with Crippen molar-refractivity contribution in [2.45, 2.75) is 42.2 Å². The van der Waals surface area contributed by atoms with Crippen molar-refractivity contribution >= 4 is 38.2 Å². The van der Waals surface area contributed by atoms with Gasteiger partial charge in [0.1, 0.15) is 22.4 Å². The summed E-state index contributed by atoms with van der Waals surface area (Å²) >= 11 is 5.88. The quantitative estimate of drug-likeness (QED) is 0.502. The van der Waals surface area contributed by atoms with E-state index in [1.165, 1.54) is 23.9 Å². The van der Waals surface area contributed by atoms with Crippen LogP contribution in [-0.2, 0) is 23.4 Å². The molecule has 0 spiro atoms. The molecular weight excluding hydrogens is 480 g/mol. The topological polar surface area (TPSA) is 120 Å². The van der Waals surface area contributed by atoms with Gasteiger partial charge in [0.25, 0.3) is 17.3 Å². The number of carbonyl (C=O) groups excluding carboxylic acids is 1. The van der Waals surface area contributed by atoms with Crippen molar-refractivity contribution in [3.8, 4) is 5.88 Å². The Bertz CT molecular complexity index is 1440. The molecule has 1 aromatic carbocycles. The first-order valence-electron chi connectivity index (χ1n) is 11.0. The van der Waals surface area contributed by atoms with Gasteiger partial charge in [-0.2, -0.15) is 5.10 Å². The van der Waals surface area contributed by atoms with E-state index in [4.69, 9.17) is 16.3 Å². The molecule has 1 N–H and O–H groups in total. The number of hydrogen-bond donors (Lipinski definition) is 1. The van der Waals surface area contributed by atoms with E-state index >= 15 is 0 Å². The standard InChI is InChI=1S/C23H23ClN4O5S/c1-28-19-15(10-18(22(28)30)20(29)25-11-14-2-4-16(24)5-3-14)12-26-27-21(19)33-13-23(8-9-23)34(31,32)17-6-7-17/h2-5,10,12,17H,6-9,11,13H2,1H3,(H,25,29). The summed E-state index contributed by atoms with van der Waals surface area (Å²) in [5.74, 6) is -0.452. The van der Waals surface area contributed by atoms with Gasteiger partial charge in [0.15, 0.2) is 9.84 Å². The molecule has 2 fully saturated rings. The molecule has 0 atom stereocenters. The largest absolute Gasteiger partial charge is 0.473 e. The Labute approximate surface area is 201 Å². The van der Waals surface area contributed by atoms with E-state index in [0.717, 1.165) is 5.56 Å². The number of benzene rings is 1. The Morgan fingerprint density at radius 3 is 2.62 bits per heavy atom. The minimum absolute atomic E-state index is 0.0306. The number of halogens is 1. The van der Waals surface area contributed by atoms with Crippen molar-refractivity contribution in [2.75, 3.05) is 6.61 Å². The van der Waals surface area contributed by atoms with Gasteiger partial charge in [0, 0.05) is 24.0 Å². The van der Waals surface area contributed by atoms with Gasteiger partial charge in [0.2, 0.25) is 0 Å². The molecule has 0 bridgehead atoms. The summed E-state index contributed by atoms with van der Waals surface area (Å²) in [7, 11) is -1.73. The van der Waals surface area contributed by atoms with Crippen LogP contribution in [0.2, 0.25) is 5.02 Å². The summed E-state index contributed by atoms with van der Waals surface area (Å²) < 4.78 is 31.8. The molecule has 11 heteroatoms. The van der Waals surface area contributed by atoms with Crippen molar-refractivity contribution in [1.29, 1.82) is 0 Å². The molecule has 2 heterocycles. The lowest BCUT2D eigenvalue weighted by molar-refractivity contribution is 0.0949. The molecule has 2 saturated carbocycles. The number of carbonyl (C=O) groups is 1. The van der Waals surface area contributed by atoms with Crippen molar-refractivity contribution in [2.24, 2.45) is 7.05 Å². The number of aryl methyl sites for hydroxylation is 1. The van der Waals surface area contributed by atoms with Gasteiger partial charge in [-0.1, -0.05) is 23.7 Å². The second-order valence-corrected chi connectivity index (χ2v) is 12.0. The maximum atomic E-state index is 13.0. The summed E-state index contributed by atoms with van der Waals surface area (Å²) in [6.07, 6.45) is 3.96. The Balaban J connectivity index is 1.38. The lowest BCUT2D eigenvalue weighted by Crippen LogP contribution is -2.34. The Morgan fingerprint density at radius 2 is 1.97 bits per heavy atom. The average Bonchev–Trinajstić information content (AvgIpc) is 3.73. The third kappa shape index (κ3) is 4.05. The highest BCUT2D eigenvalue weighted by molar-refractivity contribution is 7.94. The SMILES string of the molecule is Cn1c(=O)c(C(=O)NCc2ccc(Cl)cc2)cc2cnnc(OCC3(S(=O)(=O)C4CC4)CC3)c21. The Kier molecular flexibility index (Phi) is 5.60. The van der Waals surface area contributed by atoms with Crippen molar-refractivity contribution in [3.05, 3.63) is 63.0 Å². The van der Waals surface area contributed by atoms with Crippen LogP contribution in [0.1, 0.15) is 41.6 Å². The minimum atomic E-state index is -3.25. The zero-order valence-electron chi connectivity index (χ0n) is 18.5. The van der Waals surface area contributed by atoms with Crippen LogP contribution >= 0.6 is 11.6 Å². The normalized spacial score (nSPS) is 16.9. The average molecular weight is 503 g/mol. The van der Waals surface area contributed by atoms with Gasteiger partial charge in [0.05, 0.1) is 11.4 Å². The summed E-state index contributed by atoms with van der Waals surface area (Å²) in [6, 6.07) is 8.47. The third-order valence-corrected chi connectivity index (χ3v) is 9.78. The predicted molar refractivity (Wildman–Crippen MR) is 127 cm³/mol. The van der Waals surface area contributed by atoms with Gasteiger partial charge >= 0.3 is 0 Å². The number of amides is 1. The number of hydrogen-bond acceptors (Lipinski definition) is 7. The van der Waals surface area contributed by atoms with E-state index in [0.29, 0.717) is 41.6 Å². The van der Waals surface area contributed by atoms with Gasteiger partial charge in [-0.15, -0.1) is 5.10 Å². The number of nitrogens with one attached hydrogen (secondary N) is 1. The van der Waals surface area contributed by atoms with Crippen LogP contribution in [0.4, 0.5) is 0 Å². The highest BCUT2D eigenvalue weighted by Gasteiger charge is 2.60. The minimum Gasteiger partial charge on any atom is -0.473 e. The molecule has 2 aliphatic carbocycles. The van der Waals surface area contributed by atoms with Crippen LogP contribution in [0.5, 0.6) is 5.88 Å². The summed E-state index contributed by atoms with van der Waals surface area (Å²) in [4.78, 5) is 25.7. The second-order valence-electron chi connectivity index (χ2n) is 8.90. The molecule has 0 radical (unpaired) electrons. The van der Waals surface area contributed by atoms with Crippen LogP contribution < -0.4 is 15.6 Å². The fourth-order valence-electron chi connectivity index (χ4n) is 4.04. The van der Waals surface area contributed by atoms with Crippen LogP contribution in [-0.4, -0.2) is 45.7 Å². The Morgan fingerprint density at radius 1 is 1.26 bits per heavy atom. The summed E-state index contributed by atoms with van der Waals surface area (Å²) in [6.45, 7) is 0.203. The number of ether oxygens (including phenoxy) is 1. The maximum absolute atomic E-state index is 13.0. The Hall–Kier alpha value is -2.98. The zero-order chi connectivity index (χ0) is 24.1. The van der Waals surface area contributed by atoms with Gasteiger partial charge in [-0.25, -0.2) is 8.42 Å². The molecule has 178 valence electrons. The lowest BCUT2D eigenvalue weighted by Gasteiger charge is -2.17. The molecule has 34 heavy (non-hydrogen) atoms.